The van der Waals surface area contributed by atoms with Gasteiger partial charge in [-0.3, -0.25) is 0 Å². The predicted molar refractivity (Wildman–Crippen MR) is 68.2 cm³/mol. The van der Waals surface area contributed by atoms with Crippen molar-refractivity contribution in [2.24, 2.45) is 0 Å². The molecule has 0 unspecified atom stereocenters. The van der Waals surface area contributed by atoms with Gasteiger partial charge in [0.2, 0.25) is 0 Å². The Labute approximate surface area is 88.8 Å². The van der Waals surface area contributed by atoms with Crippen molar-refractivity contribution < 1.29 is 0 Å². The molecule has 0 N–H and O–H groups in total. The van der Waals surface area contributed by atoms with Gasteiger partial charge in [0.15, 0.2) is 0 Å². The molecule has 0 saturated carbocycles. The minimum atomic E-state index is 0.733. The summed E-state index contributed by atoms with van der Waals surface area (Å²) in [4.78, 5) is 0. The molecule has 0 spiro atoms. The van der Waals surface area contributed by atoms with Crippen LogP contribution in [0.1, 0.15) is 27.7 Å². The van der Waals surface area contributed by atoms with E-state index in [1.54, 1.807) is 0 Å². The fraction of sp³-hybridized carbons (Fsp3) is 1.00. The van der Waals surface area contributed by atoms with Gasteiger partial charge in [0.05, 0.1) is 0 Å². The lowest BCUT2D eigenvalue weighted by molar-refractivity contribution is 1.12. The summed E-state index contributed by atoms with van der Waals surface area (Å²) >= 11 is 0. The van der Waals surface area contributed by atoms with Crippen LogP contribution >= 0.6 is 51.1 Å². The van der Waals surface area contributed by atoms with E-state index in [1.165, 1.54) is 0 Å². The van der Waals surface area contributed by atoms with Crippen molar-refractivity contribution >= 4 is 51.1 Å². The predicted octanol–water partition coefficient (Wildman–Crippen LogP) is 5.13. The van der Waals surface area contributed by atoms with Gasteiger partial charge >= 0.3 is 0 Å². The third-order valence-corrected chi connectivity index (χ3v) is 10.1. The van der Waals surface area contributed by atoms with Crippen LogP contribution in [0.15, 0.2) is 0 Å². The molecule has 0 aliphatic heterocycles. The highest BCUT2D eigenvalue weighted by atomic mass is 33.8. The zero-order chi connectivity index (χ0) is 8.69. The Hall–Kier alpha value is 1.75. The van der Waals surface area contributed by atoms with Crippen molar-refractivity contribution in [3.8, 4) is 0 Å². The molecule has 0 amide bonds. The average molecular weight is 247 g/mol. The maximum Gasteiger partial charge on any atom is 0.0103 e. The van der Waals surface area contributed by atoms with Crippen molar-refractivity contribution in [1.29, 1.82) is 0 Å². The standard InChI is InChI=1S/C6H14S5/c1-5(2)7-9-11-10-8-6(3)4/h5-6H,1-4H3. The minimum absolute atomic E-state index is 0.733. The summed E-state index contributed by atoms with van der Waals surface area (Å²) in [6, 6.07) is 0. The maximum atomic E-state index is 2.22. The molecule has 0 aromatic heterocycles. The zero-order valence-corrected chi connectivity index (χ0v) is 11.3. The van der Waals surface area contributed by atoms with E-state index in [4.69, 9.17) is 0 Å². The molecule has 0 saturated heterocycles. The van der Waals surface area contributed by atoms with Gasteiger partial charge in [-0.1, -0.05) is 49.3 Å². The van der Waals surface area contributed by atoms with E-state index in [1.807, 2.05) is 51.1 Å². The highest BCUT2D eigenvalue weighted by Crippen LogP contribution is 2.50. The van der Waals surface area contributed by atoms with E-state index in [-0.39, 0.29) is 0 Å². The van der Waals surface area contributed by atoms with E-state index in [0.717, 1.165) is 10.5 Å². The lowest BCUT2D eigenvalue weighted by Crippen LogP contribution is -1.79. The summed E-state index contributed by atoms with van der Waals surface area (Å²) < 4.78 is 0. The Morgan fingerprint density at radius 2 is 1.00 bits per heavy atom. The summed E-state index contributed by atoms with van der Waals surface area (Å²) in [6.45, 7) is 8.88. The molecule has 0 aromatic carbocycles. The molecule has 0 bridgehead atoms. The first kappa shape index (κ1) is 12.8. The van der Waals surface area contributed by atoms with Crippen LogP contribution < -0.4 is 0 Å². The third-order valence-electron chi connectivity index (χ3n) is 0.519. The summed E-state index contributed by atoms with van der Waals surface area (Å²) in [6.07, 6.45) is 0. The first-order valence-electron chi connectivity index (χ1n) is 3.45. The molecular weight excluding hydrogens is 232 g/mol. The van der Waals surface area contributed by atoms with E-state index >= 15 is 0 Å². The monoisotopic (exact) mass is 246 g/mol. The summed E-state index contributed by atoms with van der Waals surface area (Å²) in [7, 11) is 9.48. The van der Waals surface area contributed by atoms with E-state index in [2.05, 4.69) is 27.7 Å². The van der Waals surface area contributed by atoms with Gasteiger partial charge in [-0.25, -0.2) is 0 Å². The van der Waals surface area contributed by atoms with Gasteiger partial charge in [0, 0.05) is 10.5 Å². The minimum Gasteiger partial charge on any atom is -0.0789 e. The van der Waals surface area contributed by atoms with Gasteiger partial charge in [-0.05, 0) is 29.5 Å². The lowest BCUT2D eigenvalue weighted by atomic mass is 10.6. The number of hydrogen-bond acceptors (Lipinski definition) is 5. The molecule has 0 nitrogen and oxygen atoms in total. The van der Waals surface area contributed by atoms with Gasteiger partial charge in [0.1, 0.15) is 0 Å². The van der Waals surface area contributed by atoms with Crippen LogP contribution in [0.4, 0.5) is 0 Å². The normalized spacial score (nSPS) is 11.5. The number of rotatable bonds is 6. The second-order valence-electron chi connectivity index (χ2n) is 2.49. The molecule has 0 rings (SSSR count). The molecule has 0 aliphatic rings. The van der Waals surface area contributed by atoms with Crippen LogP contribution in [0, 0.1) is 0 Å². The largest absolute Gasteiger partial charge is 0.0789 e. The smallest absolute Gasteiger partial charge is 0.0103 e. The van der Waals surface area contributed by atoms with Gasteiger partial charge in [-0.2, -0.15) is 0 Å². The molecule has 0 radical (unpaired) electrons. The topological polar surface area (TPSA) is 0 Å². The molecule has 0 fully saturated rings. The van der Waals surface area contributed by atoms with Crippen LogP contribution in [0.3, 0.4) is 0 Å². The van der Waals surface area contributed by atoms with Crippen LogP contribution in [-0.2, 0) is 0 Å². The molecule has 68 valence electrons. The second kappa shape index (κ2) is 8.35. The van der Waals surface area contributed by atoms with Crippen molar-refractivity contribution in [3.63, 3.8) is 0 Å². The fourth-order valence-electron chi connectivity index (χ4n) is 0.201. The van der Waals surface area contributed by atoms with Crippen LogP contribution in [-0.4, -0.2) is 10.5 Å². The summed E-state index contributed by atoms with van der Waals surface area (Å²) in [5.41, 5.74) is 0. The zero-order valence-electron chi connectivity index (χ0n) is 7.20. The van der Waals surface area contributed by atoms with Gasteiger partial charge in [0.25, 0.3) is 0 Å². The fourth-order valence-corrected chi connectivity index (χ4v) is 9.60. The first-order chi connectivity index (χ1) is 5.13. The Bertz CT molecular complexity index is 73.0. The molecule has 0 aromatic rings. The molecule has 11 heavy (non-hydrogen) atoms. The summed E-state index contributed by atoms with van der Waals surface area (Å²) in [5, 5.41) is 1.47. The average Bonchev–Trinajstić information content (AvgIpc) is 1.85. The first-order valence-corrected chi connectivity index (χ1v) is 9.72. The quantitative estimate of drug-likeness (QED) is 0.469. The molecule has 0 atom stereocenters. The van der Waals surface area contributed by atoms with Crippen LogP contribution in [0.2, 0.25) is 0 Å². The summed E-state index contributed by atoms with van der Waals surface area (Å²) in [5.74, 6) is 0. The highest BCUT2D eigenvalue weighted by molar-refractivity contribution is 9.35. The van der Waals surface area contributed by atoms with Crippen molar-refractivity contribution in [2.45, 2.75) is 38.2 Å². The Kier molecular flexibility index (Phi) is 9.68. The molecule has 0 aliphatic carbocycles. The third kappa shape index (κ3) is 11.8. The van der Waals surface area contributed by atoms with Crippen LogP contribution in [0.25, 0.3) is 0 Å². The number of hydrogen-bond donors (Lipinski definition) is 0. The lowest BCUT2D eigenvalue weighted by Gasteiger charge is -2.03. The van der Waals surface area contributed by atoms with Crippen LogP contribution in [0.5, 0.6) is 0 Å². The Morgan fingerprint density at radius 1 is 0.636 bits per heavy atom. The maximum absolute atomic E-state index is 2.22. The molecular formula is C6H14S5. The van der Waals surface area contributed by atoms with Gasteiger partial charge in [-0.15, -0.1) is 0 Å². The van der Waals surface area contributed by atoms with Crippen molar-refractivity contribution in [3.05, 3.63) is 0 Å². The SMILES string of the molecule is CC(C)SSSSSC(C)C. The van der Waals surface area contributed by atoms with Gasteiger partial charge < -0.3 is 0 Å². The molecule has 5 heteroatoms. The van der Waals surface area contributed by atoms with E-state index < -0.39 is 0 Å². The Morgan fingerprint density at radius 3 is 1.27 bits per heavy atom. The van der Waals surface area contributed by atoms with Crippen molar-refractivity contribution in [2.75, 3.05) is 0 Å². The highest BCUT2D eigenvalue weighted by Gasteiger charge is 1.98. The van der Waals surface area contributed by atoms with Crippen molar-refractivity contribution in [1.82, 2.24) is 0 Å². The Balaban J connectivity index is 2.91. The van der Waals surface area contributed by atoms with E-state index in [0.29, 0.717) is 0 Å². The molecule has 0 heterocycles. The second-order valence-corrected chi connectivity index (χ2v) is 11.2. The van der Waals surface area contributed by atoms with E-state index in [9.17, 15) is 0 Å².